The standard InChI is InChI=1S/C22H22N2O7S/c1-4-28-19-14(7-6-10-23-19)21(26)30-11-17(25)24-20-18(22(27)29-5-2)15(12-32-20)16-9-8-13(3)31-16/h6-10,12H,4-5,11H2,1-3H3,(H,24,25). The predicted molar refractivity (Wildman–Crippen MR) is 117 cm³/mol. The summed E-state index contributed by atoms with van der Waals surface area (Å²) in [5.74, 6) is -0.674. The molecule has 9 nitrogen and oxygen atoms in total. The SMILES string of the molecule is CCOC(=O)c1c(-c2ccc(C)o2)csc1NC(=O)COC(=O)c1cccnc1OCC. The lowest BCUT2D eigenvalue weighted by Crippen LogP contribution is -2.22. The monoisotopic (exact) mass is 458 g/mol. The largest absolute Gasteiger partial charge is 0.477 e. The molecule has 0 radical (unpaired) electrons. The van der Waals surface area contributed by atoms with Gasteiger partial charge in [-0.25, -0.2) is 14.6 Å². The molecular formula is C22H22N2O7S. The Morgan fingerprint density at radius 3 is 2.59 bits per heavy atom. The average Bonchev–Trinajstić information content (AvgIpc) is 3.39. The van der Waals surface area contributed by atoms with Gasteiger partial charge in [-0.2, -0.15) is 0 Å². The molecule has 0 saturated heterocycles. The minimum Gasteiger partial charge on any atom is -0.477 e. The zero-order valence-corrected chi connectivity index (χ0v) is 18.6. The molecule has 10 heteroatoms. The summed E-state index contributed by atoms with van der Waals surface area (Å²) in [5, 5.41) is 4.57. The van der Waals surface area contributed by atoms with Crippen molar-refractivity contribution in [1.29, 1.82) is 0 Å². The number of amides is 1. The van der Waals surface area contributed by atoms with Gasteiger partial charge in [0, 0.05) is 17.1 Å². The van der Waals surface area contributed by atoms with E-state index in [2.05, 4.69) is 10.3 Å². The molecule has 1 N–H and O–H groups in total. The number of aromatic nitrogens is 1. The van der Waals surface area contributed by atoms with E-state index in [0.717, 1.165) is 11.3 Å². The van der Waals surface area contributed by atoms with Crippen molar-refractivity contribution in [2.24, 2.45) is 0 Å². The van der Waals surface area contributed by atoms with E-state index in [9.17, 15) is 14.4 Å². The van der Waals surface area contributed by atoms with Gasteiger partial charge >= 0.3 is 11.9 Å². The second-order valence-electron chi connectivity index (χ2n) is 6.40. The van der Waals surface area contributed by atoms with Crippen LogP contribution in [-0.2, 0) is 14.3 Å². The smallest absolute Gasteiger partial charge is 0.344 e. The highest BCUT2D eigenvalue weighted by Crippen LogP contribution is 2.37. The first kappa shape index (κ1) is 23.0. The van der Waals surface area contributed by atoms with Gasteiger partial charge in [0.25, 0.3) is 5.91 Å². The van der Waals surface area contributed by atoms with E-state index in [-0.39, 0.29) is 28.6 Å². The van der Waals surface area contributed by atoms with Crippen LogP contribution in [0.2, 0.25) is 0 Å². The van der Waals surface area contributed by atoms with E-state index < -0.39 is 24.5 Å². The molecule has 0 aromatic carbocycles. The van der Waals surface area contributed by atoms with Gasteiger partial charge < -0.3 is 23.9 Å². The fourth-order valence-corrected chi connectivity index (χ4v) is 3.74. The van der Waals surface area contributed by atoms with Gasteiger partial charge in [-0.15, -0.1) is 11.3 Å². The highest BCUT2D eigenvalue weighted by Gasteiger charge is 2.25. The van der Waals surface area contributed by atoms with E-state index in [1.54, 1.807) is 44.4 Å². The molecule has 3 aromatic rings. The number of ether oxygens (including phenoxy) is 3. The Hall–Kier alpha value is -3.66. The van der Waals surface area contributed by atoms with Gasteiger partial charge in [0.1, 0.15) is 27.6 Å². The van der Waals surface area contributed by atoms with Crippen LogP contribution in [0.4, 0.5) is 5.00 Å². The fraction of sp³-hybridized carbons (Fsp3) is 0.273. The molecule has 0 aliphatic rings. The summed E-state index contributed by atoms with van der Waals surface area (Å²) >= 11 is 1.14. The van der Waals surface area contributed by atoms with Crippen molar-refractivity contribution in [1.82, 2.24) is 4.98 Å². The van der Waals surface area contributed by atoms with Crippen LogP contribution in [0.3, 0.4) is 0 Å². The highest BCUT2D eigenvalue weighted by molar-refractivity contribution is 7.15. The number of nitrogens with zero attached hydrogens (tertiary/aromatic N) is 1. The first-order chi connectivity index (χ1) is 15.4. The number of anilines is 1. The zero-order valence-electron chi connectivity index (χ0n) is 17.8. The maximum atomic E-state index is 12.5. The number of furan rings is 1. The molecule has 0 aliphatic heterocycles. The van der Waals surface area contributed by atoms with Crippen molar-refractivity contribution in [2.75, 3.05) is 25.1 Å². The molecule has 3 aromatic heterocycles. The highest BCUT2D eigenvalue weighted by atomic mass is 32.1. The van der Waals surface area contributed by atoms with Crippen LogP contribution >= 0.6 is 11.3 Å². The Balaban J connectivity index is 1.73. The number of nitrogens with one attached hydrogen (secondary N) is 1. The van der Waals surface area contributed by atoms with Crippen LogP contribution in [0.1, 0.15) is 40.3 Å². The Labute approximate surface area is 188 Å². The Bertz CT molecular complexity index is 1120. The maximum absolute atomic E-state index is 12.5. The van der Waals surface area contributed by atoms with Gasteiger partial charge in [0.15, 0.2) is 6.61 Å². The lowest BCUT2D eigenvalue weighted by Gasteiger charge is -2.10. The Kier molecular flexibility index (Phi) is 7.61. The van der Waals surface area contributed by atoms with E-state index in [1.165, 1.54) is 12.3 Å². The predicted octanol–water partition coefficient (Wildman–Crippen LogP) is 4.08. The third-order valence-corrected chi connectivity index (χ3v) is 5.03. The summed E-state index contributed by atoms with van der Waals surface area (Å²) in [6.45, 7) is 5.17. The van der Waals surface area contributed by atoms with Crippen LogP contribution in [0, 0.1) is 6.92 Å². The molecule has 0 saturated carbocycles. The van der Waals surface area contributed by atoms with Crippen molar-refractivity contribution in [3.8, 4) is 17.2 Å². The van der Waals surface area contributed by atoms with Crippen LogP contribution in [0.15, 0.2) is 40.3 Å². The Morgan fingerprint density at radius 2 is 1.91 bits per heavy atom. The van der Waals surface area contributed by atoms with Gasteiger partial charge in [0.05, 0.1) is 13.2 Å². The first-order valence-corrected chi connectivity index (χ1v) is 10.7. The summed E-state index contributed by atoms with van der Waals surface area (Å²) in [4.78, 5) is 41.3. The van der Waals surface area contributed by atoms with E-state index in [0.29, 0.717) is 23.7 Å². The number of pyridine rings is 1. The molecule has 0 fully saturated rings. The third-order valence-electron chi connectivity index (χ3n) is 4.14. The van der Waals surface area contributed by atoms with Gasteiger partial charge in [-0.3, -0.25) is 4.79 Å². The zero-order chi connectivity index (χ0) is 23.1. The lowest BCUT2D eigenvalue weighted by molar-refractivity contribution is -0.119. The number of carbonyl (C=O) groups is 3. The second-order valence-corrected chi connectivity index (χ2v) is 7.28. The number of thiophene rings is 1. The van der Waals surface area contributed by atoms with E-state index >= 15 is 0 Å². The number of esters is 2. The minimum atomic E-state index is -0.750. The van der Waals surface area contributed by atoms with Gasteiger partial charge in [-0.05, 0) is 45.0 Å². The van der Waals surface area contributed by atoms with Crippen LogP contribution in [0.5, 0.6) is 5.88 Å². The van der Waals surface area contributed by atoms with Crippen LogP contribution in [-0.4, -0.2) is 42.7 Å². The average molecular weight is 458 g/mol. The van der Waals surface area contributed by atoms with E-state index in [4.69, 9.17) is 18.6 Å². The molecule has 0 bridgehead atoms. The first-order valence-electron chi connectivity index (χ1n) is 9.84. The van der Waals surface area contributed by atoms with Crippen molar-refractivity contribution in [3.63, 3.8) is 0 Å². The third kappa shape index (κ3) is 5.33. The number of hydrogen-bond acceptors (Lipinski definition) is 9. The van der Waals surface area contributed by atoms with Crippen molar-refractivity contribution in [3.05, 3.63) is 52.7 Å². The van der Waals surface area contributed by atoms with Crippen molar-refractivity contribution in [2.45, 2.75) is 20.8 Å². The molecule has 0 spiro atoms. The van der Waals surface area contributed by atoms with Crippen molar-refractivity contribution >= 4 is 34.2 Å². The topological polar surface area (TPSA) is 117 Å². The quantitative estimate of drug-likeness (QED) is 0.477. The number of hydrogen-bond donors (Lipinski definition) is 1. The molecule has 0 atom stereocenters. The van der Waals surface area contributed by atoms with Gasteiger partial charge in [-0.1, -0.05) is 0 Å². The maximum Gasteiger partial charge on any atom is 0.344 e. The summed E-state index contributed by atoms with van der Waals surface area (Å²) in [5.41, 5.74) is 0.795. The molecule has 1 amide bonds. The lowest BCUT2D eigenvalue weighted by atomic mass is 10.1. The number of aryl methyl sites for hydroxylation is 1. The number of rotatable bonds is 9. The summed E-state index contributed by atoms with van der Waals surface area (Å²) in [6.07, 6.45) is 1.49. The van der Waals surface area contributed by atoms with Crippen molar-refractivity contribution < 1.29 is 33.0 Å². The normalized spacial score (nSPS) is 10.5. The number of carbonyl (C=O) groups excluding carboxylic acids is 3. The summed E-state index contributed by atoms with van der Waals surface area (Å²) < 4.78 is 21.1. The van der Waals surface area contributed by atoms with Crippen LogP contribution < -0.4 is 10.1 Å². The minimum absolute atomic E-state index is 0.112. The molecule has 168 valence electrons. The molecule has 0 aliphatic carbocycles. The molecule has 3 rings (SSSR count). The Morgan fingerprint density at radius 1 is 1.09 bits per heavy atom. The summed E-state index contributed by atoms with van der Waals surface area (Å²) in [7, 11) is 0. The molecular weight excluding hydrogens is 436 g/mol. The molecule has 32 heavy (non-hydrogen) atoms. The second kappa shape index (κ2) is 10.6. The van der Waals surface area contributed by atoms with Crippen LogP contribution in [0.25, 0.3) is 11.3 Å². The molecule has 0 unspecified atom stereocenters. The molecule has 3 heterocycles. The van der Waals surface area contributed by atoms with Gasteiger partial charge in [0.2, 0.25) is 5.88 Å². The van der Waals surface area contributed by atoms with E-state index in [1.807, 2.05) is 0 Å². The summed E-state index contributed by atoms with van der Waals surface area (Å²) in [6, 6.07) is 6.56. The fourth-order valence-electron chi connectivity index (χ4n) is 2.79.